The summed E-state index contributed by atoms with van der Waals surface area (Å²) >= 11 is 0. The van der Waals surface area contributed by atoms with Gasteiger partial charge in [-0.25, -0.2) is 0 Å². The summed E-state index contributed by atoms with van der Waals surface area (Å²) in [5.74, 6) is 0.0503. The molecule has 1 aromatic rings. The largest absolute Gasteiger partial charge is 0.399 e. The number of carbonyl (C=O) groups is 2. The molecule has 2 N–H and O–H groups in total. The van der Waals surface area contributed by atoms with Crippen molar-refractivity contribution in [1.29, 1.82) is 0 Å². The van der Waals surface area contributed by atoms with Gasteiger partial charge in [0.25, 0.3) is 5.91 Å². The number of hydrogen-bond acceptors (Lipinski definition) is 4. The van der Waals surface area contributed by atoms with E-state index < -0.39 is 0 Å². The van der Waals surface area contributed by atoms with E-state index in [1.807, 2.05) is 7.05 Å². The molecule has 21 heavy (non-hydrogen) atoms. The standard InChI is InChI=1S/C15H20N4O2/c1-17-5-6-18-7-8-19(10-13(18)15(17)21)14(20)11-3-2-4-12(16)9-11/h2-4,9,13H,5-8,10,16H2,1H3/t13-/m1/s1. The Bertz CT molecular complexity index is 575. The summed E-state index contributed by atoms with van der Waals surface area (Å²) in [6.45, 7) is 3.50. The average molecular weight is 288 g/mol. The molecular formula is C15H20N4O2. The second kappa shape index (κ2) is 5.37. The minimum atomic E-state index is -0.206. The highest BCUT2D eigenvalue weighted by Gasteiger charge is 2.38. The number of anilines is 1. The fraction of sp³-hybridized carbons (Fsp3) is 0.467. The molecule has 1 atom stereocenters. The van der Waals surface area contributed by atoms with Gasteiger partial charge in [-0.1, -0.05) is 6.07 Å². The third kappa shape index (κ3) is 2.58. The van der Waals surface area contributed by atoms with Gasteiger partial charge in [0, 0.05) is 51.0 Å². The zero-order valence-corrected chi connectivity index (χ0v) is 12.2. The molecule has 6 heteroatoms. The summed E-state index contributed by atoms with van der Waals surface area (Å²) in [5.41, 5.74) is 6.89. The van der Waals surface area contributed by atoms with E-state index >= 15 is 0 Å². The lowest BCUT2D eigenvalue weighted by molar-refractivity contribution is -0.142. The molecule has 0 spiro atoms. The molecule has 2 aliphatic heterocycles. The first-order valence-corrected chi connectivity index (χ1v) is 7.20. The Morgan fingerprint density at radius 3 is 2.76 bits per heavy atom. The lowest BCUT2D eigenvalue weighted by Gasteiger charge is -2.45. The van der Waals surface area contributed by atoms with Gasteiger partial charge in [-0.15, -0.1) is 0 Å². The Hall–Kier alpha value is -2.08. The molecule has 0 aliphatic carbocycles. The van der Waals surface area contributed by atoms with Gasteiger partial charge in [0.15, 0.2) is 0 Å². The molecule has 3 rings (SSSR count). The summed E-state index contributed by atoms with van der Waals surface area (Å²) < 4.78 is 0. The third-order valence-electron chi connectivity index (χ3n) is 4.30. The van der Waals surface area contributed by atoms with Crippen LogP contribution in [0.2, 0.25) is 0 Å². The highest BCUT2D eigenvalue weighted by Crippen LogP contribution is 2.18. The van der Waals surface area contributed by atoms with Crippen LogP contribution in [0.4, 0.5) is 5.69 Å². The second-order valence-corrected chi connectivity index (χ2v) is 5.69. The van der Waals surface area contributed by atoms with E-state index in [4.69, 9.17) is 5.73 Å². The van der Waals surface area contributed by atoms with Crippen molar-refractivity contribution in [3.8, 4) is 0 Å². The maximum absolute atomic E-state index is 12.5. The average Bonchev–Trinajstić information content (AvgIpc) is 2.50. The molecule has 2 heterocycles. The number of nitrogen functional groups attached to an aromatic ring is 1. The Morgan fingerprint density at radius 2 is 2.00 bits per heavy atom. The smallest absolute Gasteiger partial charge is 0.254 e. The van der Waals surface area contributed by atoms with Crippen LogP contribution in [0.1, 0.15) is 10.4 Å². The molecule has 2 amide bonds. The molecule has 0 unspecified atom stereocenters. The molecule has 1 aromatic carbocycles. The molecule has 0 bridgehead atoms. The first-order valence-electron chi connectivity index (χ1n) is 7.20. The molecular weight excluding hydrogens is 268 g/mol. The molecule has 6 nitrogen and oxygen atoms in total. The van der Waals surface area contributed by atoms with E-state index in [1.54, 1.807) is 34.1 Å². The molecule has 0 saturated carbocycles. The van der Waals surface area contributed by atoms with Gasteiger partial charge >= 0.3 is 0 Å². The van der Waals surface area contributed by atoms with Gasteiger partial charge in [-0.2, -0.15) is 0 Å². The number of hydrogen-bond donors (Lipinski definition) is 1. The highest BCUT2D eigenvalue weighted by molar-refractivity contribution is 5.95. The Labute approximate surface area is 124 Å². The van der Waals surface area contributed by atoms with Crippen molar-refractivity contribution in [2.24, 2.45) is 0 Å². The summed E-state index contributed by atoms with van der Waals surface area (Å²) in [4.78, 5) is 30.5. The second-order valence-electron chi connectivity index (χ2n) is 5.69. The van der Waals surface area contributed by atoms with E-state index in [1.165, 1.54) is 0 Å². The van der Waals surface area contributed by atoms with Crippen LogP contribution in [0.3, 0.4) is 0 Å². The summed E-state index contributed by atoms with van der Waals surface area (Å²) in [7, 11) is 1.82. The fourth-order valence-electron chi connectivity index (χ4n) is 3.00. The minimum absolute atomic E-state index is 0.0528. The maximum Gasteiger partial charge on any atom is 0.254 e. The van der Waals surface area contributed by atoms with Crippen molar-refractivity contribution >= 4 is 17.5 Å². The monoisotopic (exact) mass is 288 g/mol. The number of benzene rings is 1. The zero-order chi connectivity index (χ0) is 15.0. The lowest BCUT2D eigenvalue weighted by atomic mass is 10.1. The summed E-state index contributed by atoms with van der Waals surface area (Å²) in [5, 5.41) is 0. The number of likely N-dealkylation sites (N-methyl/N-ethyl adjacent to an activating group) is 1. The number of fused-ring (bicyclic) bond motifs is 1. The van der Waals surface area contributed by atoms with Crippen molar-refractivity contribution in [2.45, 2.75) is 6.04 Å². The summed E-state index contributed by atoms with van der Waals surface area (Å²) in [6.07, 6.45) is 0. The molecule has 2 aliphatic rings. The highest BCUT2D eigenvalue weighted by atomic mass is 16.2. The Balaban J connectivity index is 1.75. The number of rotatable bonds is 1. The van der Waals surface area contributed by atoms with E-state index in [2.05, 4.69) is 4.90 Å². The van der Waals surface area contributed by atoms with Gasteiger partial charge in [0.1, 0.15) is 6.04 Å². The zero-order valence-electron chi connectivity index (χ0n) is 12.2. The molecule has 2 fully saturated rings. The van der Waals surface area contributed by atoms with Crippen LogP contribution in [0.5, 0.6) is 0 Å². The predicted octanol–water partition coefficient (Wildman–Crippen LogP) is -0.133. The molecule has 112 valence electrons. The van der Waals surface area contributed by atoms with Gasteiger partial charge in [-0.3, -0.25) is 14.5 Å². The van der Waals surface area contributed by atoms with Crippen LogP contribution < -0.4 is 5.73 Å². The van der Waals surface area contributed by atoms with Crippen molar-refractivity contribution < 1.29 is 9.59 Å². The van der Waals surface area contributed by atoms with Crippen LogP contribution in [-0.2, 0) is 4.79 Å². The van der Waals surface area contributed by atoms with Gasteiger partial charge in [0.05, 0.1) is 0 Å². The first-order chi connectivity index (χ1) is 10.1. The lowest BCUT2D eigenvalue weighted by Crippen LogP contribution is -2.64. The Morgan fingerprint density at radius 1 is 1.24 bits per heavy atom. The van der Waals surface area contributed by atoms with Crippen molar-refractivity contribution in [2.75, 3.05) is 45.5 Å². The maximum atomic E-state index is 12.5. The van der Waals surface area contributed by atoms with Crippen molar-refractivity contribution in [3.63, 3.8) is 0 Å². The van der Waals surface area contributed by atoms with Crippen LogP contribution in [0.15, 0.2) is 24.3 Å². The van der Waals surface area contributed by atoms with E-state index in [0.717, 1.165) is 19.6 Å². The van der Waals surface area contributed by atoms with Crippen molar-refractivity contribution in [1.82, 2.24) is 14.7 Å². The van der Waals surface area contributed by atoms with Crippen molar-refractivity contribution in [3.05, 3.63) is 29.8 Å². The molecule has 2 saturated heterocycles. The van der Waals surface area contributed by atoms with E-state index in [9.17, 15) is 9.59 Å². The SMILES string of the molecule is CN1CCN2CCN(C(=O)c3cccc(N)c3)C[C@@H]2C1=O. The summed E-state index contributed by atoms with van der Waals surface area (Å²) in [6, 6.07) is 6.78. The van der Waals surface area contributed by atoms with Gasteiger partial charge in [-0.05, 0) is 18.2 Å². The van der Waals surface area contributed by atoms with Crippen LogP contribution in [0, 0.1) is 0 Å². The van der Waals surface area contributed by atoms with Gasteiger partial charge in [0.2, 0.25) is 5.91 Å². The normalized spacial score (nSPS) is 23.1. The Kier molecular flexibility index (Phi) is 3.55. The first kappa shape index (κ1) is 13.9. The molecule has 0 aromatic heterocycles. The fourth-order valence-corrected chi connectivity index (χ4v) is 3.00. The quantitative estimate of drug-likeness (QED) is 0.731. The van der Waals surface area contributed by atoms with Crippen LogP contribution in [0.25, 0.3) is 0 Å². The van der Waals surface area contributed by atoms with E-state index in [0.29, 0.717) is 24.3 Å². The number of nitrogens with zero attached hydrogens (tertiary/aromatic N) is 3. The number of piperazine rings is 2. The number of nitrogens with two attached hydrogens (primary N) is 1. The van der Waals surface area contributed by atoms with Crippen LogP contribution >= 0.6 is 0 Å². The number of carbonyl (C=O) groups excluding carboxylic acids is 2. The predicted molar refractivity (Wildman–Crippen MR) is 79.8 cm³/mol. The topological polar surface area (TPSA) is 69.9 Å². The number of amides is 2. The minimum Gasteiger partial charge on any atom is -0.399 e. The van der Waals surface area contributed by atoms with E-state index in [-0.39, 0.29) is 17.9 Å². The van der Waals surface area contributed by atoms with Crippen LogP contribution in [-0.4, -0.2) is 72.3 Å². The third-order valence-corrected chi connectivity index (χ3v) is 4.30. The van der Waals surface area contributed by atoms with Gasteiger partial charge < -0.3 is 15.5 Å². The molecule has 0 radical (unpaired) electrons.